The number of hydrogen-bond acceptors (Lipinski definition) is 4. The number of nitrogens with zero attached hydrogens (tertiary/aromatic N) is 1. The standard InChI is InChI=1S/C25H29N3O2/c1-30-23-16-10-9-15-22(23)28-24-17-20(19-13-7-8-14-21(19)27-24)25(29)26-18-11-5-3-2-4-6-12-18/h7-10,13-18H,2-6,11-12H2,1H3,(H,26,29)(H,27,28). The van der Waals surface area contributed by atoms with Crippen molar-refractivity contribution in [3.63, 3.8) is 0 Å². The van der Waals surface area contributed by atoms with E-state index in [4.69, 9.17) is 9.72 Å². The van der Waals surface area contributed by atoms with Crippen LogP contribution in [0.4, 0.5) is 11.5 Å². The number of anilines is 2. The molecule has 0 bridgehead atoms. The van der Waals surface area contributed by atoms with Crippen LogP contribution >= 0.6 is 0 Å². The van der Waals surface area contributed by atoms with Gasteiger partial charge < -0.3 is 15.4 Å². The predicted molar refractivity (Wildman–Crippen MR) is 122 cm³/mol. The van der Waals surface area contributed by atoms with Gasteiger partial charge in [-0.15, -0.1) is 0 Å². The maximum atomic E-state index is 13.3. The molecule has 1 aromatic heterocycles. The van der Waals surface area contributed by atoms with Gasteiger partial charge >= 0.3 is 0 Å². The number of carbonyl (C=O) groups is 1. The second-order valence-electron chi connectivity index (χ2n) is 7.91. The molecule has 4 rings (SSSR count). The van der Waals surface area contributed by atoms with Crippen molar-refractivity contribution in [2.45, 2.75) is 51.0 Å². The monoisotopic (exact) mass is 403 g/mol. The molecule has 1 aliphatic carbocycles. The number of fused-ring (bicyclic) bond motifs is 1. The first-order chi connectivity index (χ1) is 14.7. The topological polar surface area (TPSA) is 63.2 Å². The van der Waals surface area contributed by atoms with Gasteiger partial charge in [0.2, 0.25) is 0 Å². The molecule has 2 N–H and O–H groups in total. The summed E-state index contributed by atoms with van der Waals surface area (Å²) in [6, 6.07) is 17.6. The predicted octanol–water partition coefficient (Wildman–Crippen LogP) is 5.83. The van der Waals surface area contributed by atoms with Crippen LogP contribution in [0.15, 0.2) is 54.6 Å². The minimum atomic E-state index is -0.0257. The number of hydrogen-bond donors (Lipinski definition) is 2. The molecule has 1 fully saturated rings. The number of benzene rings is 2. The summed E-state index contributed by atoms with van der Waals surface area (Å²) >= 11 is 0. The molecular formula is C25H29N3O2. The fraction of sp³-hybridized carbons (Fsp3) is 0.360. The number of nitrogens with one attached hydrogen (secondary N) is 2. The SMILES string of the molecule is COc1ccccc1Nc1cc(C(=O)NC2CCCCCCC2)c2ccccc2n1. The third-order valence-electron chi connectivity index (χ3n) is 5.77. The first-order valence-corrected chi connectivity index (χ1v) is 10.9. The van der Waals surface area contributed by atoms with Gasteiger partial charge in [0.05, 0.1) is 23.9 Å². The van der Waals surface area contributed by atoms with Crippen molar-refractivity contribution in [3.8, 4) is 5.75 Å². The van der Waals surface area contributed by atoms with Crippen molar-refractivity contribution in [1.82, 2.24) is 10.3 Å². The normalized spacial score (nSPS) is 15.2. The van der Waals surface area contributed by atoms with E-state index in [1.54, 1.807) is 7.11 Å². The Hall–Kier alpha value is -3.08. The lowest BCUT2D eigenvalue weighted by molar-refractivity contribution is 0.0932. The number of pyridine rings is 1. The highest BCUT2D eigenvalue weighted by atomic mass is 16.5. The number of aromatic nitrogens is 1. The maximum absolute atomic E-state index is 13.3. The van der Waals surface area contributed by atoms with Gasteiger partial charge in [-0.1, -0.05) is 62.4 Å². The summed E-state index contributed by atoms with van der Waals surface area (Å²) in [7, 11) is 1.64. The van der Waals surface area contributed by atoms with Gasteiger partial charge in [-0.25, -0.2) is 4.98 Å². The van der Waals surface area contributed by atoms with Crippen molar-refractivity contribution >= 4 is 28.3 Å². The maximum Gasteiger partial charge on any atom is 0.252 e. The van der Waals surface area contributed by atoms with E-state index in [1.165, 1.54) is 32.1 Å². The third-order valence-corrected chi connectivity index (χ3v) is 5.77. The lowest BCUT2D eigenvalue weighted by Crippen LogP contribution is -2.35. The molecule has 1 aliphatic rings. The van der Waals surface area contributed by atoms with Crippen LogP contribution in [0.1, 0.15) is 55.3 Å². The van der Waals surface area contributed by atoms with E-state index in [1.807, 2.05) is 54.6 Å². The van der Waals surface area contributed by atoms with Crippen LogP contribution in [0.2, 0.25) is 0 Å². The van der Waals surface area contributed by atoms with E-state index in [2.05, 4.69) is 10.6 Å². The van der Waals surface area contributed by atoms with Crippen LogP contribution in [0.5, 0.6) is 5.75 Å². The lowest BCUT2D eigenvalue weighted by Gasteiger charge is -2.21. The molecule has 0 saturated heterocycles. The van der Waals surface area contributed by atoms with E-state index >= 15 is 0 Å². The van der Waals surface area contributed by atoms with Crippen LogP contribution in [0.3, 0.4) is 0 Å². The van der Waals surface area contributed by atoms with E-state index in [9.17, 15) is 4.79 Å². The first-order valence-electron chi connectivity index (χ1n) is 10.9. The van der Waals surface area contributed by atoms with E-state index in [-0.39, 0.29) is 11.9 Å². The lowest BCUT2D eigenvalue weighted by atomic mass is 9.96. The molecule has 5 heteroatoms. The Bertz CT molecular complexity index is 1010. The summed E-state index contributed by atoms with van der Waals surface area (Å²) in [5.74, 6) is 1.33. The Balaban J connectivity index is 1.63. The number of carbonyl (C=O) groups excluding carboxylic acids is 1. The molecule has 0 radical (unpaired) electrons. The number of para-hydroxylation sites is 3. The van der Waals surface area contributed by atoms with Crippen LogP contribution in [0.25, 0.3) is 10.9 Å². The molecule has 1 amide bonds. The molecule has 0 atom stereocenters. The molecule has 5 nitrogen and oxygen atoms in total. The van der Waals surface area contributed by atoms with Crippen LogP contribution in [0, 0.1) is 0 Å². The largest absolute Gasteiger partial charge is 0.495 e. The summed E-state index contributed by atoms with van der Waals surface area (Å²) < 4.78 is 5.44. The smallest absolute Gasteiger partial charge is 0.252 e. The Morgan fingerprint density at radius 1 is 0.967 bits per heavy atom. The van der Waals surface area contributed by atoms with Crippen molar-refractivity contribution in [2.24, 2.45) is 0 Å². The highest BCUT2D eigenvalue weighted by Crippen LogP contribution is 2.29. The molecule has 3 aromatic rings. The molecule has 0 unspecified atom stereocenters. The third kappa shape index (κ3) is 4.73. The Morgan fingerprint density at radius 3 is 2.47 bits per heavy atom. The Kier molecular flexibility index (Phi) is 6.47. The van der Waals surface area contributed by atoms with Crippen molar-refractivity contribution in [1.29, 1.82) is 0 Å². The first kappa shape index (κ1) is 20.2. The quantitative estimate of drug-likeness (QED) is 0.563. The molecule has 1 heterocycles. The molecule has 156 valence electrons. The average Bonchev–Trinajstić information content (AvgIpc) is 2.75. The van der Waals surface area contributed by atoms with Crippen molar-refractivity contribution in [2.75, 3.05) is 12.4 Å². The van der Waals surface area contributed by atoms with E-state index in [0.717, 1.165) is 35.2 Å². The summed E-state index contributed by atoms with van der Waals surface area (Å²) in [5.41, 5.74) is 2.26. The fourth-order valence-electron chi connectivity index (χ4n) is 4.18. The highest BCUT2D eigenvalue weighted by molar-refractivity contribution is 6.07. The van der Waals surface area contributed by atoms with Crippen LogP contribution in [-0.4, -0.2) is 24.0 Å². The molecular weight excluding hydrogens is 374 g/mol. The second-order valence-corrected chi connectivity index (χ2v) is 7.91. The zero-order valence-corrected chi connectivity index (χ0v) is 17.5. The number of amides is 1. The van der Waals surface area contributed by atoms with Crippen LogP contribution < -0.4 is 15.4 Å². The van der Waals surface area contributed by atoms with Gasteiger partial charge in [-0.3, -0.25) is 4.79 Å². The molecule has 30 heavy (non-hydrogen) atoms. The van der Waals surface area contributed by atoms with Crippen LogP contribution in [-0.2, 0) is 0 Å². The second kappa shape index (κ2) is 9.61. The van der Waals surface area contributed by atoms with Crippen molar-refractivity contribution < 1.29 is 9.53 Å². The van der Waals surface area contributed by atoms with Crippen molar-refractivity contribution in [3.05, 3.63) is 60.2 Å². The van der Waals surface area contributed by atoms with Gasteiger partial charge in [-0.2, -0.15) is 0 Å². The van der Waals surface area contributed by atoms with E-state index < -0.39 is 0 Å². The summed E-state index contributed by atoms with van der Waals surface area (Å²) in [4.78, 5) is 18.0. The van der Waals surface area contributed by atoms with Gasteiger partial charge in [-0.05, 0) is 37.1 Å². The number of methoxy groups -OCH3 is 1. The number of rotatable bonds is 5. The molecule has 1 saturated carbocycles. The fourth-order valence-corrected chi connectivity index (χ4v) is 4.18. The average molecular weight is 404 g/mol. The zero-order chi connectivity index (χ0) is 20.8. The Labute approximate surface area is 177 Å². The number of ether oxygens (including phenoxy) is 1. The summed E-state index contributed by atoms with van der Waals surface area (Å²) in [5, 5.41) is 7.47. The zero-order valence-electron chi connectivity index (χ0n) is 17.5. The molecule has 0 spiro atoms. The van der Waals surface area contributed by atoms with E-state index in [0.29, 0.717) is 11.4 Å². The summed E-state index contributed by atoms with van der Waals surface area (Å²) in [6.45, 7) is 0. The van der Waals surface area contributed by atoms with Gasteiger partial charge in [0.15, 0.2) is 0 Å². The summed E-state index contributed by atoms with van der Waals surface area (Å²) in [6.07, 6.45) is 8.32. The minimum Gasteiger partial charge on any atom is -0.495 e. The van der Waals surface area contributed by atoms with Gasteiger partial charge in [0.25, 0.3) is 5.91 Å². The van der Waals surface area contributed by atoms with Gasteiger partial charge in [0, 0.05) is 11.4 Å². The minimum absolute atomic E-state index is 0.0257. The highest BCUT2D eigenvalue weighted by Gasteiger charge is 2.18. The van der Waals surface area contributed by atoms with Gasteiger partial charge in [0.1, 0.15) is 11.6 Å². The Morgan fingerprint density at radius 2 is 1.67 bits per heavy atom. The molecule has 2 aromatic carbocycles. The molecule has 0 aliphatic heterocycles.